The number of nitrogen functional groups attached to an aromatic ring is 1. The van der Waals surface area contributed by atoms with E-state index in [4.69, 9.17) is 33.4 Å². The Balaban J connectivity index is 2.22. The third kappa shape index (κ3) is 2.65. The molecule has 2 aromatic heterocycles. The number of hydrogen-bond donors (Lipinski definition) is 2. The van der Waals surface area contributed by atoms with Gasteiger partial charge in [0.05, 0.1) is 22.4 Å². The molecule has 0 aliphatic heterocycles. The highest BCUT2D eigenvalue weighted by molar-refractivity contribution is 6.37. The van der Waals surface area contributed by atoms with Crippen molar-refractivity contribution in [1.82, 2.24) is 4.98 Å². The van der Waals surface area contributed by atoms with Crippen LogP contribution in [0.1, 0.15) is 18.7 Å². The van der Waals surface area contributed by atoms with E-state index < -0.39 is 0 Å². The van der Waals surface area contributed by atoms with Gasteiger partial charge in [-0.2, -0.15) is 0 Å². The van der Waals surface area contributed by atoms with Crippen LogP contribution in [-0.2, 0) is 0 Å². The molecule has 1 atom stereocenters. The Labute approximate surface area is 109 Å². The molecule has 17 heavy (non-hydrogen) atoms. The largest absolute Gasteiger partial charge is 0.467 e. The molecule has 90 valence electrons. The number of nitrogens with zero attached hydrogens (tertiary/aromatic N) is 1. The highest BCUT2D eigenvalue weighted by Gasteiger charge is 2.12. The highest BCUT2D eigenvalue weighted by Crippen LogP contribution is 2.29. The smallest absolute Gasteiger partial charge is 0.147 e. The summed E-state index contributed by atoms with van der Waals surface area (Å²) in [5.74, 6) is 1.51. The van der Waals surface area contributed by atoms with Crippen molar-refractivity contribution >= 4 is 34.8 Å². The van der Waals surface area contributed by atoms with E-state index >= 15 is 0 Å². The molecule has 0 radical (unpaired) electrons. The Bertz CT molecular complexity index is 514. The Morgan fingerprint density at radius 1 is 1.41 bits per heavy atom. The molecule has 6 heteroatoms. The van der Waals surface area contributed by atoms with Crippen LogP contribution in [-0.4, -0.2) is 4.98 Å². The summed E-state index contributed by atoms with van der Waals surface area (Å²) in [6.45, 7) is 1.93. The summed E-state index contributed by atoms with van der Waals surface area (Å²) in [7, 11) is 0. The van der Waals surface area contributed by atoms with Gasteiger partial charge in [-0.3, -0.25) is 0 Å². The predicted octanol–water partition coefficient (Wildman–Crippen LogP) is 3.74. The van der Waals surface area contributed by atoms with E-state index in [9.17, 15) is 0 Å². The molecular weight excluding hydrogens is 261 g/mol. The Kier molecular flexibility index (Phi) is 3.45. The third-order valence-electron chi connectivity index (χ3n) is 2.28. The average molecular weight is 272 g/mol. The average Bonchev–Trinajstić information content (AvgIpc) is 2.79. The number of pyridine rings is 1. The molecule has 0 aromatic carbocycles. The molecule has 2 rings (SSSR count). The summed E-state index contributed by atoms with van der Waals surface area (Å²) >= 11 is 11.8. The topological polar surface area (TPSA) is 64.1 Å². The lowest BCUT2D eigenvalue weighted by molar-refractivity contribution is 0.490. The lowest BCUT2D eigenvalue weighted by Gasteiger charge is -2.14. The van der Waals surface area contributed by atoms with E-state index in [1.807, 2.05) is 19.1 Å². The van der Waals surface area contributed by atoms with Gasteiger partial charge in [0.1, 0.15) is 17.4 Å². The van der Waals surface area contributed by atoms with E-state index in [1.54, 1.807) is 12.3 Å². The first-order valence-electron chi connectivity index (χ1n) is 4.99. The molecule has 0 fully saturated rings. The van der Waals surface area contributed by atoms with Crippen LogP contribution in [0.3, 0.4) is 0 Å². The van der Waals surface area contributed by atoms with Gasteiger partial charge in [-0.25, -0.2) is 4.98 Å². The Hall–Kier alpha value is -1.39. The van der Waals surface area contributed by atoms with Crippen LogP contribution in [0, 0.1) is 0 Å². The normalized spacial score (nSPS) is 12.4. The second-order valence-corrected chi connectivity index (χ2v) is 4.38. The lowest BCUT2D eigenvalue weighted by Crippen LogP contribution is -2.08. The van der Waals surface area contributed by atoms with Crippen LogP contribution in [0.5, 0.6) is 0 Å². The molecule has 0 spiro atoms. The number of halogens is 2. The number of hydrogen-bond acceptors (Lipinski definition) is 4. The Morgan fingerprint density at radius 2 is 2.18 bits per heavy atom. The predicted molar refractivity (Wildman–Crippen MR) is 69.4 cm³/mol. The minimum atomic E-state index is -0.0597. The van der Waals surface area contributed by atoms with E-state index in [2.05, 4.69) is 10.3 Å². The van der Waals surface area contributed by atoms with Crippen LogP contribution < -0.4 is 11.1 Å². The zero-order chi connectivity index (χ0) is 12.4. The highest BCUT2D eigenvalue weighted by atomic mass is 35.5. The van der Waals surface area contributed by atoms with Crippen molar-refractivity contribution in [2.24, 2.45) is 0 Å². The number of nitrogens with one attached hydrogen (secondary N) is 1. The van der Waals surface area contributed by atoms with Gasteiger partial charge < -0.3 is 15.5 Å². The maximum Gasteiger partial charge on any atom is 0.147 e. The van der Waals surface area contributed by atoms with E-state index in [0.717, 1.165) is 5.76 Å². The third-order valence-corrected chi connectivity index (χ3v) is 2.87. The first-order chi connectivity index (χ1) is 8.08. The lowest BCUT2D eigenvalue weighted by atomic mass is 10.2. The first kappa shape index (κ1) is 12.1. The SMILES string of the molecule is CC(Nc1nc(N)c(Cl)cc1Cl)c1ccco1. The molecule has 4 nitrogen and oxygen atoms in total. The van der Waals surface area contributed by atoms with Gasteiger partial charge in [-0.15, -0.1) is 0 Å². The van der Waals surface area contributed by atoms with E-state index in [0.29, 0.717) is 15.9 Å². The summed E-state index contributed by atoms with van der Waals surface area (Å²) in [5.41, 5.74) is 5.62. The second kappa shape index (κ2) is 4.85. The maximum atomic E-state index is 6.01. The number of rotatable bonds is 3. The molecule has 3 N–H and O–H groups in total. The number of aromatic nitrogens is 1. The molecule has 0 aliphatic rings. The van der Waals surface area contributed by atoms with Gasteiger partial charge >= 0.3 is 0 Å². The standard InChI is InChI=1S/C11H11Cl2N3O/c1-6(9-3-2-4-17-9)15-11-8(13)5-7(12)10(14)16-11/h2-6H,1H3,(H3,14,15,16). The quantitative estimate of drug-likeness (QED) is 0.893. The molecule has 0 amide bonds. The van der Waals surface area contributed by atoms with Crippen molar-refractivity contribution in [3.63, 3.8) is 0 Å². The molecule has 0 saturated heterocycles. The fourth-order valence-corrected chi connectivity index (χ4v) is 1.81. The van der Waals surface area contributed by atoms with Gasteiger partial charge in [0, 0.05) is 0 Å². The summed E-state index contributed by atoms with van der Waals surface area (Å²) in [4.78, 5) is 4.08. The zero-order valence-electron chi connectivity index (χ0n) is 9.08. The van der Waals surface area contributed by atoms with Crippen molar-refractivity contribution < 1.29 is 4.42 Å². The van der Waals surface area contributed by atoms with Gasteiger partial charge in [0.15, 0.2) is 0 Å². The monoisotopic (exact) mass is 271 g/mol. The molecule has 2 heterocycles. The molecule has 2 aromatic rings. The molecule has 0 bridgehead atoms. The van der Waals surface area contributed by atoms with Crippen molar-refractivity contribution in [3.8, 4) is 0 Å². The zero-order valence-corrected chi connectivity index (χ0v) is 10.6. The molecule has 1 unspecified atom stereocenters. The van der Waals surface area contributed by atoms with Crippen molar-refractivity contribution in [2.45, 2.75) is 13.0 Å². The van der Waals surface area contributed by atoms with Crippen LogP contribution in [0.2, 0.25) is 10.0 Å². The number of furan rings is 1. The number of anilines is 2. The summed E-state index contributed by atoms with van der Waals surface area (Å²) in [5, 5.41) is 3.86. The van der Waals surface area contributed by atoms with Crippen molar-refractivity contribution in [3.05, 3.63) is 40.3 Å². The molecular formula is C11H11Cl2N3O. The fraction of sp³-hybridized carbons (Fsp3) is 0.182. The van der Waals surface area contributed by atoms with Crippen LogP contribution in [0.25, 0.3) is 0 Å². The Morgan fingerprint density at radius 3 is 2.82 bits per heavy atom. The number of nitrogens with two attached hydrogens (primary N) is 1. The minimum absolute atomic E-state index is 0.0597. The molecule has 0 aliphatic carbocycles. The van der Waals surface area contributed by atoms with Crippen molar-refractivity contribution in [1.29, 1.82) is 0 Å². The van der Waals surface area contributed by atoms with Gasteiger partial charge in [-0.05, 0) is 25.1 Å². The molecule has 0 saturated carbocycles. The first-order valence-corrected chi connectivity index (χ1v) is 5.75. The van der Waals surface area contributed by atoms with Crippen LogP contribution in [0.15, 0.2) is 28.9 Å². The summed E-state index contributed by atoms with van der Waals surface area (Å²) in [6.07, 6.45) is 1.61. The summed E-state index contributed by atoms with van der Waals surface area (Å²) in [6, 6.07) is 5.18. The maximum absolute atomic E-state index is 6.01. The van der Waals surface area contributed by atoms with Gasteiger partial charge in [-0.1, -0.05) is 23.2 Å². The minimum Gasteiger partial charge on any atom is -0.467 e. The van der Waals surface area contributed by atoms with Gasteiger partial charge in [0.25, 0.3) is 0 Å². The summed E-state index contributed by atoms with van der Waals surface area (Å²) < 4.78 is 5.27. The van der Waals surface area contributed by atoms with Crippen molar-refractivity contribution in [2.75, 3.05) is 11.1 Å². The van der Waals surface area contributed by atoms with Gasteiger partial charge in [0.2, 0.25) is 0 Å². The van der Waals surface area contributed by atoms with Crippen LogP contribution >= 0.6 is 23.2 Å². The van der Waals surface area contributed by atoms with E-state index in [-0.39, 0.29) is 11.9 Å². The van der Waals surface area contributed by atoms with E-state index in [1.165, 1.54) is 0 Å². The fourth-order valence-electron chi connectivity index (χ4n) is 1.40. The van der Waals surface area contributed by atoms with Crippen LogP contribution in [0.4, 0.5) is 11.6 Å². The second-order valence-electron chi connectivity index (χ2n) is 3.57.